The predicted molar refractivity (Wildman–Crippen MR) is 125 cm³/mol. The number of thioether (sulfide) groups is 1. The molecule has 0 radical (unpaired) electrons. The molecule has 4 nitrogen and oxygen atoms in total. The molecule has 0 fully saturated rings. The number of aliphatic carboxylic acids is 1. The zero-order valence-electron chi connectivity index (χ0n) is 21.8. The second-order valence-electron chi connectivity index (χ2n) is 9.56. The maximum atomic E-state index is 14.1. The minimum Gasteiger partial charge on any atom is -0.481 e. The molecule has 42 heavy (non-hydrogen) atoms. The first-order valence-electron chi connectivity index (χ1n) is 12.1. The Morgan fingerprint density at radius 1 is 0.786 bits per heavy atom. The van der Waals surface area contributed by atoms with E-state index in [0.717, 1.165) is 0 Å². The average molecular weight is 657 g/mol. The second kappa shape index (κ2) is 13.6. The number of hydrogen-bond donors (Lipinski definition) is 1. The summed E-state index contributed by atoms with van der Waals surface area (Å²) in [6.45, 7) is 1.36. The number of carbonyl (C=O) groups excluding carboxylic acids is 1. The maximum absolute atomic E-state index is 14.1. The van der Waals surface area contributed by atoms with Gasteiger partial charge in [0, 0.05) is 17.7 Å². The topological polar surface area (TPSA) is 54.4 Å². The molecule has 1 unspecified atom stereocenters. The van der Waals surface area contributed by atoms with Crippen LogP contribution >= 0.6 is 11.8 Å². The minimum atomic E-state index is -7.98. The molecule has 1 aromatic carbocycles. The second-order valence-corrected chi connectivity index (χ2v) is 10.7. The molecular weight excluding hydrogens is 629 g/mol. The molecule has 242 valence electrons. The summed E-state index contributed by atoms with van der Waals surface area (Å²) in [6.07, 6.45) is -9.37. The zero-order valence-corrected chi connectivity index (χ0v) is 22.6. The third kappa shape index (κ3) is 8.23. The molecular formula is C24H27F13NO3S+. The van der Waals surface area contributed by atoms with Gasteiger partial charge in [-0.2, -0.15) is 57.1 Å². The summed E-state index contributed by atoms with van der Waals surface area (Å²) in [4.78, 5) is 23.9. The quantitative estimate of drug-likeness (QED) is 0.138. The first-order valence-corrected chi connectivity index (χ1v) is 13.1. The Balaban J connectivity index is 3.14. The van der Waals surface area contributed by atoms with Gasteiger partial charge < -0.3 is 9.59 Å². The molecule has 0 saturated carbocycles. The largest absolute Gasteiger partial charge is 0.481 e. The van der Waals surface area contributed by atoms with E-state index in [1.54, 1.807) is 37.3 Å². The number of benzene rings is 1. The molecule has 0 aromatic heterocycles. The van der Waals surface area contributed by atoms with Crippen molar-refractivity contribution in [1.29, 1.82) is 0 Å². The molecule has 0 bridgehead atoms. The summed E-state index contributed by atoms with van der Waals surface area (Å²) in [5.74, 6) is -40.0. The van der Waals surface area contributed by atoms with E-state index in [-0.39, 0.29) is 35.9 Å². The smallest absolute Gasteiger partial charge is 0.460 e. The lowest BCUT2D eigenvalue weighted by Crippen LogP contribution is -2.70. The number of rotatable bonds is 17. The van der Waals surface area contributed by atoms with Crippen LogP contribution in [0.3, 0.4) is 0 Å². The first-order chi connectivity index (χ1) is 18.9. The van der Waals surface area contributed by atoms with E-state index in [1.807, 2.05) is 0 Å². The van der Waals surface area contributed by atoms with Crippen LogP contribution in [0.4, 0.5) is 57.1 Å². The molecule has 0 heterocycles. The predicted octanol–water partition coefficient (Wildman–Crippen LogP) is 7.67. The van der Waals surface area contributed by atoms with Crippen LogP contribution in [0, 0.1) is 0 Å². The lowest BCUT2D eigenvalue weighted by Gasteiger charge is -2.39. The average Bonchev–Trinajstić information content (AvgIpc) is 2.85. The monoisotopic (exact) mass is 656 g/mol. The third-order valence-corrected chi connectivity index (χ3v) is 7.15. The molecule has 0 amide bonds. The Kier molecular flexibility index (Phi) is 12.2. The lowest BCUT2D eigenvalue weighted by molar-refractivity contribution is -0.933. The van der Waals surface area contributed by atoms with Crippen molar-refractivity contribution in [3.05, 3.63) is 35.9 Å². The van der Waals surface area contributed by atoms with Crippen LogP contribution in [0.25, 0.3) is 0 Å². The number of unbranched alkanes of at least 4 members (excludes halogenated alkanes) is 1. The van der Waals surface area contributed by atoms with Crippen molar-refractivity contribution in [1.82, 2.24) is 0 Å². The van der Waals surface area contributed by atoms with Gasteiger partial charge in [-0.3, -0.25) is 9.59 Å². The van der Waals surface area contributed by atoms with Gasteiger partial charge in [0.25, 0.3) is 0 Å². The number of carboxylic acid groups (broad SMARTS) is 1. The van der Waals surface area contributed by atoms with Crippen molar-refractivity contribution >= 4 is 22.8 Å². The van der Waals surface area contributed by atoms with Gasteiger partial charge in [-0.25, -0.2) is 0 Å². The summed E-state index contributed by atoms with van der Waals surface area (Å²) in [7, 11) is 0. The van der Waals surface area contributed by atoms with Crippen LogP contribution in [0.2, 0.25) is 0 Å². The van der Waals surface area contributed by atoms with Gasteiger partial charge >= 0.3 is 41.8 Å². The van der Waals surface area contributed by atoms with E-state index in [2.05, 4.69) is 0 Å². The molecule has 0 aliphatic carbocycles. The van der Waals surface area contributed by atoms with Crippen LogP contribution in [0.15, 0.2) is 30.3 Å². The molecule has 0 aliphatic heterocycles. The van der Waals surface area contributed by atoms with E-state index in [4.69, 9.17) is 5.11 Å². The summed E-state index contributed by atoms with van der Waals surface area (Å²) >= 11 is -0.123. The Bertz CT molecular complexity index is 1050. The van der Waals surface area contributed by atoms with Crippen molar-refractivity contribution in [2.24, 2.45) is 0 Å². The SMILES string of the molecule is CCCC[N+](CCC(=O)O)(CC(=O)SCCC(F)(F)C(F)(F)C(F)(F)C(F)(F)C(F)(F)C(F)(F)F)Cc1ccccc1. The maximum Gasteiger partial charge on any atom is 0.460 e. The highest BCUT2D eigenvalue weighted by atomic mass is 32.2. The van der Waals surface area contributed by atoms with Crippen molar-refractivity contribution < 1.29 is 76.3 Å². The lowest BCUT2D eigenvalue weighted by atomic mass is 9.93. The first kappa shape index (κ1) is 37.8. The van der Waals surface area contributed by atoms with Crippen LogP contribution in [0.5, 0.6) is 0 Å². The van der Waals surface area contributed by atoms with Crippen LogP contribution in [0.1, 0.15) is 38.2 Å². The van der Waals surface area contributed by atoms with Crippen molar-refractivity contribution in [3.8, 4) is 0 Å². The minimum absolute atomic E-state index is 0.0728. The number of carboxylic acids is 1. The van der Waals surface area contributed by atoms with Gasteiger partial charge in [0.15, 0.2) is 0 Å². The third-order valence-electron chi connectivity index (χ3n) is 6.29. The highest BCUT2D eigenvalue weighted by Gasteiger charge is 2.90. The molecule has 0 saturated heterocycles. The fourth-order valence-electron chi connectivity index (χ4n) is 3.85. The Hall–Kier alpha value is -2.24. The fourth-order valence-corrected chi connectivity index (χ4v) is 4.80. The fraction of sp³-hybridized carbons (Fsp3) is 0.667. The van der Waals surface area contributed by atoms with Gasteiger partial charge in [0.1, 0.15) is 13.1 Å². The van der Waals surface area contributed by atoms with Gasteiger partial charge in [-0.15, -0.1) is 0 Å². The number of hydrogen-bond acceptors (Lipinski definition) is 3. The molecule has 1 N–H and O–H groups in total. The van der Waals surface area contributed by atoms with E-state index in [1.165, 1.54) is 0 Å². The Morgan fingerprint density at radius 2 is 1.31 bits per heavy atom. The van der Waals surface area contributed by atoms with Crippen molar-refractivity contribution in [2.45, 2.75) is 74.9 Å². The van der Waals surface area contributed by atoms with Crippen molar-refractivity contribution in [2.75, 3.05) is 25.4 Å². The van der Waals surface area contributed by atoms with Crippen LogP contribution in [-0.4, -0.2) is 81.9 Å². The molecule has 0 spiro atoms. The molecule has 1 rings (SSSR count). The van der Waals surface area contributed by atoms with Gasteiger partial charge in [0.05, 0.1) is 19.5 Å². The highest BCUT2D eigenvalue weighted by molar-refractivity contribution is 8.13. The number of alkyl halides is 13. The van der Waals surface area contributed by atoms with Gasteiger partial charge in [-0.1, -0.05) is 55.4 Å². The van der Waals surface area contributed by atoms with E-state index in [9.17, 15) is 66.7 Å². The molecule has 1 aromatic rings. The highest BCUT2D eigenvalue weighted by Crippen LogP contribution is 2.60. The summed E-state index contributed by atoms with van der Waals surface area (Å²) in [5.41, 5.74) is 0.641. The number of halogens is 13. The summed E-state index contributed by atoms with van der Waals surface area (Å²) < 4.78 is 173. The molecule has 18 heteroatoms. The van der Waals surface area contributed by atoms with Crippen LogP contribution < -0.4 is 0 Å². The van der Waals surface area contributed by atoms with E-state index >= 15 is 0 Å². The van der Waals surface area contributed by atoms with E-state index < -0.39 is 72.0 Å². The molecule has 1 atom stereocenters. The van der Waals surface area contributed by atoms with Crippen molar-refractivity contribution in [3.63, 3.8) is 0 Å². The van der Waals surface area contributed by atoms with Gasteiger partial charge in [0.2, 0.25) is 5.12 Å². The van der Waals surface area contributed by atoms with E-state index in [0.29, 0.717) is 18.4 Å². The van der Waals surface area contributed by atoms with Gasteiger partial charge in [-0.05, 0) is 6.42 Å². The molecule has 0 aliphatic rings. The normalized spacial score (nSPS) is 15.4. The standard InChI is InChI=1S/C24H26F13NO3S/c1-2-3-11-38(12-9-17(39)40,14-16-7-5-4-6-8-16)15-18(41)42-13-10-19(25,26)20(27,28)21(29,30)22(31,32)23(33,34)24(35,36)37/h4-8H,2-3,9-15H2,1H3/p+1. The number of quaternary nitrogens is 1. The summed E-state index contributed by atoms with van der Waals surface area (Å²) in [5, 5.41) is 8.14. The number of nitrogens with zero attached hydrogens (tertiary/aromatic N) is 1. The Morgan fingerprint density at radius 3 is 1.79 bits per heavy atom. The Labute approximate surface area is 235 Å². The van der Waals surface area contributed by atoms with Crippen LogP contribution in [-0.2, 0) is 16.1 Å². The number of carbonyl (C=O) groups is 2. The summed E-state index contributed by atoms with van der Waals surface area (Å²) in [6, 6.07) is 8.26. The zero-order chi connectivity index (χ0) is 32.8.